The Bertz CT molecular complexity index is 436. The van der Waals surface area contributed by atoms with Crippen LogP contribution in [0.25, 0.3) is 0 Å². The monoisotopic (exact) mass is 233 g/mol. The molecule has 2 N–H and O–H groups in total. The van der Waals surface area contributed by atoms with Crippen LogP contribution in [0.2, 0.25) is 0 Å². The minimum atomic E-state index is 0.112. The van der Waals surface area contributed by atoms with Gasteiger partial charge in [0.1, 0.15) is 0 Å². The molecule has 92 valence electrons. The summed E-state index contributed by atoms with van der Waals surface area (Å²) >= 11 is 0. The smallest absolute Gasteiger partial charge is 0.254 e. The van der Waals surface area contributed by atoms with Crippen LogP contribution in [0.3, 0.4) is 0 Å². The molecular weight excluding hydrogens is 214 g/mol. The molecule has 0 bridgehead atoms. The lowest BCUT2D eigenvalue weighted by Crippen LogP contribution is -2.59. The lowest BCUT2D eigenvalue weighted by Gasteiger charge is -2.42. The molecule has 1 saturated heterocycles. The molecule has 4 heteroatoms. The second-order valence-corrected chi connectivity index (χ2v) is 4.90. The molecule has 0 saturated carbocycles. The van der Waals surface area contributed by atoms with Crippen LogP contribution in [0.1, 0.15) is 15.9 Å². The van der Waals surface area contributed by atoms with Crippen molar-refractivity contribution in [1.82, 2.24) is 9.80 Å². The average Bonchev–Trinajstić information content (AvgIpc) is 2.13. The molecule has 0 spiro atoms. The maximum Gasteiger partial charge on any atom is 0.254 e. The Morgan fingerprint density at radius 2 is 2.06 bits per heavy atom. The number of carbonyl (C=O) groups excluding carboxylic acids is 1. The van der Waals surface area contributed by atoms with Gasteiger partial charge in [-0.05, 0) is 44.8 Å². The van der Waals surface area contributed by atoms with Crippen LogP contribution in [0.15, 0.2) is 18.2 Å². The van der Waals surface area contributed by atoms with Crippen molar-refractivity contribution in [3.05, 3.63) is 29.3 Å². The second-order valence-electron chi connectivity index (χ2n) is 4.90. The highest BCUT2D eigenvalue weighted by Crippen LogP contribution is 2.19. The molecule has 0 unspecified atom stereocenters. The van der Waals surface area contributed by atoms with Crippen LogP contribution in [-0.4, -0.2) is 48.9 Å². The third-order valence-electron chi connectivity index (χ3n) is 3.36. The van der Waals surface area contributed by atoms with Crippen LogP contribution in [0, 0.1) is 6.92 Å². The van der Waals surface area contributed by atoms with E-state index in [1.54, 1.807) is 6.07 Å². The number of amides is 1. The molecule has 1 aromatic carbocycles. The van der Waals surface area contributed by atoms with Crippen molar-refractivity contribution in [3.8, 4) is 0 Å². The van der Waals surface area contributed by atoms with Gasteiger partial charge in [-0.25, -0.2) is 0 Å². The molecule has 0 aliphatic carbocycles. The molecule has 1 aromatic rings. The van der Waals surface area contributed by atoms with Crippen LogP contribution >= 0.6 is 0 Å². The number of hydrogen-bond donors (Lipinski definition) is 1. The molecular formula is C13H19N3O. The number of aryl methyl sites for hydroxylation is 1. The lowest BCUT2D eigenvalue weighted by molar-refractivity contribution is 0.0398. The first-order valence-corrected chi connectivity index (χ1v) is 5.81. The predicted molar refractivity (Wildman–Crippen MR) is 69.0 cm³/mol. The molecule has 17 heavy (non-hydrogen) atoms. The first-order chi connectivity index (χ1) is 7.99. The van der Waals surface area contributed by atoms with E-state index in [1.165, 1.54) is 0 Å². The van der Waals surface area contributed by atoms with E-state index in [2.05, 4.69) is 4.90 Å². The van der Waals surface area contributed by atoms with Gasteiger partial charge in [-0.2, -0.15) is 0 Å². The van der Waals surface area contributed by atoms with Crippen molar-refractivity contribution in [2.75, 3.05) is 32.9 Å². The summed E-state index contributed by atoms with van der Waals surface area (Å²) < 4.78 is 0. The maximum absolute atomic E-state index is 12.2. The van der Waals surface area contributed by atoms with E-state index in [1.807, 2.05) is 38.1 Å². The summed E-state index contributed by atoms with van der Waals surface area (Å²) in [6.07, 6.45) is 0. The van der Waals surface area contributed by atoms with Crippen LogP contribution in [0.4, 0.5) is 5.69 Å². The highest BCUT2D eigenvalue weighted by molar-refractivity contribution is 5.96. The van der Waals surface area contributed by atoms with Crippen molar-refractivity contribution in [1.29, 1.82) is 0 Å². The summed E-state index contributed by atoms with van der Waals surface area (Å²) in [7, 11) is 4.09. The fourth-order valence-electron chi connectivity index (χ4n) is 2.04. The summed E-state index contributed by atoms with van der Waals surface area (Å²) in [6, 6.07) is 5.93. The molecule has 1 amide bonds. The van der Waals surface area contributed by atoms with Crippen molar-refractivity contribution >= 4 is 11.6 Å². The van der Waals surface area contributed by atoms with Crippen molar-refractivity contribution < 1.29 is 4.79 Å². The molecule has 1 aliphatic rings. The fraction of sp³-hybridized carbons (Fsp3) is 0.462. The number of benzene rings is 1. The standard InChI is InChI=1S/C13H19N3O/c1-9-6-10(14)4-5-12(9)13(17)16-7-11(8-16)15(2)3/h4-6,11H,7-8,14H2,1-3H3. The lowest BCUT2D eigenvalue weighted by atomic mass is 10.0. The number of hydrogen-bond acceptors (Lipinski definition) is 3. The minimum Gasteiger partial charge on any atom is -0.399 e. The van der Waals surface area contributed by atoms with E-state index < -0.39 is 0 Å². The Labute approximate surface area is 102 Å². The Balaban J connectivity index is 2.07. The predicted octanol–water partition coefficient (Wildman–Crippen LogP) is 0.963. The van der Waals surface area contributed by atoms with Gasteiger partial charge in [0.05, 0.1) is 0 Å². The molecule has 2 rings (SSSR count). The Kier molecular flexibility index (Phi) is 3.07. The van der Waals surface area contributed by atoms with Crippen molar-refractivity contribution in [2.45, 2.75) is 13.0 Å². The number of nitrogens with zero attached hydrogens (tertiary/aromatic N) is 2. The number of likely N-dealkylation sites (N-methyl/N-ethyl adjacent to an activating group) is 1. The van der Waals surface area contributed by atoms with Gasteiger partial charge in [0.25, 0.3) is 5.91 Å². The first-order valence-electron chi connectivity index (χ1n) is 5.81. The van der Waals surface area contributed by atoms with E-state index in [0.29, 0.717) is 11.7 Å². The molecule has 1 fully saturated rings. The SMILES string of the molecule is Cc1cc(N)ccc1C(=O)N1CC(N(C)C)C1. The van der Waals surface area contributed by atoms with Crippen LogP contribution < -0.4 is 5.73 Å². The van der Waals surface area contributed by atoms with Gasteiger partial charge in [0.15, 0.2) is 0 Å². The number of nitrogens with two attached hydrogens (primary N) is 1. The summed E-state index contributed by atoms with van der Waals surface area (Å²) in [5, 5.41) is 0. The molecule has 0 aromatic heterocycles. The average molecular weight is 233 g/mol. The summed E-state index contributed by atoms with van der Waals surface area (Å²) in [5.74, 6) is 0.112. The zero-order valence-electron chi connectivity index (χ0n) is 10.6. The molecule has 0 atom stereocenters. The zero-order chi connectivity index (χ0) is 12.6. The van der Waals surface area contributed by atoms with E-state index in [0.717, 1.165) is 24.2 Å². The first kappa shape index (κ1) is 11.9. The number of anilines is 1. The number of likely N-dealkylation sites (tertiary alicyclic amines) is 1. The van der Waals surface area contributed by atoms with Gasteiger partial charge >= 0.3 is 0 Å². The van der Waals surface area contributed by atoms with Gasteiger partial charge in [-0.3, -0.25) is 4.79 Å². The molecule has 0 radical (unpaired) electrons. The van der Waals surface area contributed by atoms with Gasteiger partial charge in [0, 0.05) is 30.4 Å². The van der Waals surface area contributed by atoms with E-state index in [4.69, 9.17) is 5.73 Å². The zero-order valence-corrected chi connectivity index (χ0v) is 10.6. The van der Waals surface area contributed by atoms with Crippen molar-refractivity contribution in [2.24, 2.45) is 0 Å². The summed E-state index contributed by atoms with van der Waals surface area (Å²) in [6.45, 7) is 3.55. The molecule has 1 heterocycles. The Morgan fingerprint density at radius 3 is 2.59 bits per heavy atom. The number of nitrogen functional groups attached to an aromatic ring is 1. The number of carbonyl (C=O) groups is 1. The van der Waals surface area contributed by atoms with Crippen LogP contribution in [-0.2, 0) is 0 Å². The van der Waals surface area contributed by atoms with Gasteiger partial charge in [-0.15, -0.1) is 0 Å². The third-order valence-corrected chi connectivity index (χ3v) is 3.36. The third kappa shape index (κ3) is 2.26. The molecule has 4 nitrogen and oxygen atoms in total. The largest absolute Gasteiger partial charge is 0.399 e. The summed E-state index contributed by atoms with van der Waals surface area (Å²) in [4.78, 5) is 16.2. The maximum atomic E-state index is 12.2. The minimum absolute atomic E-state index is 0.112. The topological polar surface area (TPSA) is 49.6 Å². The Morgan fingerprint density at radius 1 is 1.41 bits per heavy atom. The summed E-state index contributed by atoms with van der Waals surface area (Å²) in [5.41, 5.74) is 8.09. The van der Waals surface area contributed by atoms with E-state index in [-0.39, 0.29) is 5.91 Å². The van der Waals surface area contributed by atoms with Crippen molar-refractivity contribution in [3.63, 3.8) is 0 Å². The second kappa shape index (κ2) is 4.37. The van der Waals surface area contributed by atoms with Gasteiger partial charge in [-0.1, -0.05) is 0 Å². The highest BCUT2D eigenvalue weighted by Gasteiger charge is 2.32. The highest BCUT2D eigenvalue weighted by atomic mass is 16.2. The normalized spacial score (nSPS) is 16.1. The quantitative estimate of drug-likeness (QED) is 0.774. The van der Waals surface area contributed by atoms with Gasteiger partial charge < -0.3 is 15.5 Å². The number of rotatable bonds is 2. The Hall–Kier alpha value is -1.55. The van der Waals surface area contributed by atoms with E-state index in [9.17, 15) is 4.79 Å². The molecule has 1 aliphatic heterocycles. The van der Waals surface area contributed by atoms with Gasteiger partial charge in [0.2, 0.25) is 0 Å². The van der Waals surface area contributed by atoms with E-state index >= 15 is 0 Å². The van der Waals surface area contributed by atoms with Crippen LogP contribution in [0.5, 0.6) is 0 Å². The fourth-order valence-corrected chi connectivity index (χ4v) is 2.04.